The molecule has 0 aliphatic carbocycles. The molecular formula is C26H33F2N3O. The minimum atomic E-state index is -0.540. The van der Waals surface area contributed by atoms with Crippen LogP contribution in [-0.2, 0) is 17.9 Å². The number of halogens is 2. The van der Waals surface area contributed by atoms with Crippen LogP contribution in [0.3, 0.4) is 0 Å². The Balaban J connectivity index is 1.18. The fourth-order valence-electron chi connectivity index (χ4n) is 4.90. The normalized spacial score (nSPS) is 20.4. The monoisotopic (exact) mass is 441 g/mol. The standard InChI is InChI=1S/C26H33F2N3O/c27-24-10-9-23(25(28)17-24)20-30-12-4-7-22(19-30)8-11-26(32)31-15-13-29(14-16-31)18-21-5-2-1-3-6-21/h1-3,5-6,9-10,17,22H,4,7-8,11-16,18-20H2. The lowest BCUT2D eigenvalue weighted by Gasteiger charge is -2.36. The van der Waals surface area contributed by atoms with Gasteiger partial charge in [-0.3, -0.25) is 14.6 Å². The summed E-state index contributed by atoms with van der Waals surface area (Å²) in [6, 6.07) is 14.3. The Labute approximate surface area is 189 Å². The third-order valence-electron chi connectivity index (χ3n) is 6.75. The zero-order chi connectivity index (χ0) is 22.3. The molecule has 0 bridgehead atoms. The van der Waals surface area contributed by atoms with Crippen LogP contribution in [0.5, 0.6) is 0 Å². The molecule has 0 aromatic heterocycles. The quantitative estimate of drug-likeness (QED) is 0.641. The van der Waals surface area contributed by atoms with Crippen LogP contribution >= 0.6 is 0 Å². The maximum absolute atomic E-state index is 14.0. The third kappa shape index (κ3) is 6.36. The summed E-state index contributed by atoms with van der Waals surface area (Å²) in [6.07, 6.45) is 3.63. The van der Waals surface area contributed by atoms with E-state index in [4.69, 9.17) is 0 Å². The average Bonchev–Trinajstić information content (AvgIpc) is 2.81. The Bertz CT molecular complexity index is 884. The van der Waals surface area contributed by atoms with Gasteiger partial charge in [0.25, 0.3) is 0 Å². The summed E-state index contributed by atoms with van der Waals surface area (Å²) in [6.45, 7) is 6.66. The summed E-state index contributed by atoms with van der Waals surface area (Å²) in [7, 11) is 0. The Hall–Kier alpha value is -2.31. The van der Waals surface area contributed by atoms with Gasteiger partial charge in [0.15, 0.2) is 0 Å². The maximum atomic E-state index is 14.0. The molecule has 2 saturated heterocycles. The number of benzene rings is 2. The van der Waals surface area contributed by atoms with Gasteiger partial charge in [0.05, 0.1) is 0 Å². The molecule has 6 heteroatoms. The summed E-state index contributed by atoms with van der Waals surface area (Å²) in [5, 5.41) is 0. The van der Waals surface area contributed by atoms with E-state index < -0.39 is 11.6 Å². The van der Waals surface area contributed by atoms with E-state index in [0.717, 1.165) is 71.1 Å². The van der Waals surface area contributed by atoms with E-state index in [9.17, 15) is 13.6 Å². The van der Waals surface area contributed by atoms with E-state index in [-0.39, 0.29) is 5.91 Å². The number of rotatable bonds is 7. The number of hydrogen-bond donors (Lipinski definition) is 0. The molecule has 2 aromatic carbocycles. The fourth-order valence-corrected chi connectivity index (χ4v) is 4.90. The van der Waals surface area contributed by atoms with E-state index in [1.165, 1.54) is 17.7 Å². The van der Waals surface area contributed by atoms with E-state index in [0.29, 0.717) is 24.4 Å². The van der Waals surface area contributed by atoms with Gasteiger partial charge in [-0.1, -0.05) is 36.4 Å². The van der Waals surface area contributed by atoms with Crippen LogP contribution in [0.15, 0.2) is 48.5 Å². The first-order valence-electron chi connectivity index (χ1n) is 11.8. The number of piperazine rings is 1. The van der Waals surface area contributed by atoms with Crippen LogP contribution in [0.2, 0.25) is 0 Å². The minimum absolute atomic E-state index is 0.256. The van der Waals surface area contributed by atoms with Crippen molar-refractivity contribution < 1.29 is 13.6 Å². The summed E-state index contributed by atoms with van der Waals surface area (Å²) in [5.41, 5.74) is 1.85. The van der Waals surface area contributed by atoms with Gasteiger partial charge < -0.3 is 4.90 Å². The highest BCUT2D eigenvalue weighted by molar-refractivity contribution is 5.76. The molecule has 2 fully saturated rings. The third-order valence-corrected chi connectivity index (χ3v) is 6.75. The Morgan fingerprint density at radius 3 is 2.44 bits per heavy atom. The van der Waals surface area contributed by atoms with Crippen LogP contribution in [0, 0.1) is 17.6 Å². The summed E-state index contributed by atoms with van der Waals surface area (Å²) in [5.74, 6) is -0.308. The zero-order valence-electron chi connectivity index (χ0n) is 18.7. The largest absolute Gasteiger partial charge is 0.340 e. The van der Waals surface area contributed by atoms with E-state index >= 15 is 0 Å². The fraction of sp³-hybridized carbons (Fsp3) is 0.500. The first-order chi connectivity index (χ1) is 15.6. The van der Waals surface area contributed by atoms with Crippen molar-refractivity contribution in [3.05, 3.63) is 71.3 Å². The number of likely N-dealkylation sites (tertiary alicyclic amines) is 1. The SMILES string of the molecule is O=C(CCC1CCCN(Cc2ccc(F)cc2F)C1)N1CCN(Cc2ccccc2)CC1. The van der Waals surface area contributed by atoms with Gasteiger partial charge >= 0.3 is 0 Å². The van der Waals surface area contributed by atoms with Crippen molar-refractivity contribution >= 4 is 5.91 Å². The number of nitrogens with zero attached hydrogens (tertiary/aromatic N) is 3. The predicted octanol–water partition coefficient (Wildman–Crippen LogP) is 4.30. The minimum Gasteiger partial charge on any atom is -0.340 e. The molecule has 4 rings (SSSR count). The lowest BCUT2D eigenvalue weighted by molar-refractivity contribution is -0.133. The lowest BCUT2D eigenvalue weighted by atomic mass is 9.92. The molecule has 4 nitrogen and oxygen atoms in total. The molecule has 1 atom stereocenters. The van der Waals surface area contributed by atoms with E-state index in [1.54, 1.807) is 0 Å². The summed E-state index contributed by atoms with van der Waals surface area (Å²) < 4.78 is 27.1. The topological polar surface area (TPSA) is 26.8 Å². The second kappa shape index (κ2) is 11.0. The molecule has 1 unspecified atom stereocenters. The molecule has 2 aliphatic rings. The molecule has 1 amide bonds. The maximum Gasteiger partial charge on any atom is 0.222 e. The van der Waals surface area contributed by atoms with E-state index in [2.05, 4.69) is 34.1 Å². The second-order valence-electron chi connectivity index (χ2n) is 9.16. The molecule has 2 aliphatic heterocycles. The van der Waals surface area contributed by atoms with Crippen molar-refractivity contribution in [3.63, 3.8) is 0 Å². The number of amides is 1. The number of hydrogen-bond acceptors (Lipinski definition) is 3. The number of carbonyl (C=O) groups excluding carboxylic acids is 1. The van der Waals surface area contributed by atoms with Crippen LogP contribution in [0.4, 0.5) is 8.78 Å². The van der Waals surface area contributed by atoms with Gasteiger partial charge in [0.1, 0.15) is 11.6 Å². The Kier molecular flexibility index (Phi) is 7.87. The molecule has 32 heavy (non-hydrogen) atoms. The van der Waals surface area contributed by atoms with Crippen molar-refractivity contribution in [1.29, 1.82) is 0 Å². The average molecular weight is 442 g/mol. The lowest BCUT2D eigenvalue weighted by Crippen LogP contribution is -2.48. The van der Waals surface area contributed by atoms with Crippen LogP contribution in [-0.4, -0.2) is 59.9 Å². The molecule has 2 aromatic rings. The molecule has 0 radical (unpaired) electrons. The van der Waals surface area contributed by atoms with Gasteiger partial charge in [-0.15, -0.1) is 0 Å². The van der Waals surface area contributed by atoms with Gasteiger partial charge in [-0.25, -0.2) is 8.78 Å². The first-order valence-corrected chi connectivity index (χ1v) is 11.8. The molecule has 2 heterocycles. The number of carbonyl (C=O) groups is 1. The molecule has 0 saturated carbocycles. The smallest absolute Gasteiger partial charge is 0.222 e. The highest BCUT2D eigenvalue weighted by Crippen LogP contribution is 2.24. The van der Waals surface area contributed by atoms with Crippen LogP contribution < -0.4 is 0 Å². The second-order valence-corrected chi connectivity index (χ2v) is 9.16. The van der Waals surface area contributed by atoms with Crippen molar-refractivity contribution in [3.8, 4) is 0 Å². The molecular weight excluding hydrogens is 408 g/mol. The molecule has 172 valence electrons. The van der Waals surface area contributed by atoms with Crippen LogP contribution in [0.25, 0.3) is 0 Å². The highest BCUT2D eigenvalue weighted by Gasteiger charge is 2.24. The van der Waals surface area contributed by atoms with E-state index in [1.807, 2.05) is 11.0 Å². The van der Waals surface area contributed by atoms with Gasteiger partial charge in [0, 0.05) is 63.9 Å². The van der Waals surface area contributed by atoms with Gasteiger partial charge in [-0.05, 0) is 43.4 Å². The van der Waals surface area contributed by atoms with Crippen LogP contribution in [0.1, 0.15) is 36.8 Å². The van der Waals surface area contributed by atoms with Crippen molar-refractivity contribution in [2.45, 2.75) is 38.8 Å². The summed E-state index contributed by atoms with van der Waals surface area (Å²) >= 11 is 0. The highest BCUT2D eigenvalue weighted by atomic mass is 19.1. The van der Waals surface area contributed by atoms with Crippen molar-refractivity contribution in [2.24, 2.45) is 5.92 Å². The predicted molar refractivity (Wildman–Crippen MR) is 122 cm³/mol. The molecule has 0 N–H and O–H groups in total. The van der Waals surface area contributed by atoms with Gasteiger partial charge in [-0.2, -0.15) is 0 Å². The number of piperidine rings is 1. The zero-order valence-corrected chi connectivity index (χ0v) is 18.7. The summed E-state index contributed by atoms with van der Waals surface area (Å²) in [4.78, 5) is 19.4. The first kappa shape index (κ1) is 22.9. The Morgan fingerprint density at radius 2 is 1.69 bits per heavy atom. The molecule has 0 spiro atoms. The van der Waals surface area contributed by atoms with Crippen molar-refractivity contribution in [1.82, 2.24) is 14.7 Å². The Morgan fingerprint density at radius 1 is 0.906 bits per heavy atom. The van der Waals surface area contributed by atoms with Gasteiger partial charge in [0.2, 0.25) is 5.91 Å². The van der Waals surface area contributed by atoms with Crippen molar-refractivity contribution in [2.75, 3.05) is 39.3 Å².